The fraction of sp³-hybridized carbons (Fsp3) is 0.909. The number of hydrogen-bond acceptors (Lipinski definition) is 2. The van der Waals surface area contributed by atoms with E-state index in [2.05, 4.69) is 12.2 Å². The van der Waals surface area contributed by atoms with Gasteiger partial charge < -0.3 is 15.0 Å². The highest BCUT2D eigenvalue weighted by molar-refractivity contribution is 5.74. The lowest BCUT2D eigenvalue weighted by molar-refractivity contribution is 0.132. The van der Waals surface area contributed by atoms with Crippen molar-refractivity contribution < 1.29 is 9.53 Å². The molecule has 1 rings (SSSR count). The third-order valence-corrected chi connectivity index (χ3v) is 2.48. The van der Waals surface area contributed by atoms with E-state index in [9.17, 15) is 4.79 Å². The van der Waals surface area contributed by atoms with Crippen molar-refractivity contribution in [1.82, 2.24) is 10.2 Å². The number of nitrogens with one attached hydrogen (secondary N) is 1. The monoisotopic (exact) mass is 214 g/mol. The van der Waals surface area contributed by atoms with Gasteiger partial charge in [-0.15, -0.1) is 0 Å². The zero-order valence-electron chi connectivity index (χ0n) is 9.63. The summed E-state index contributed by atoms with van der Waals surface area (Å²) < 4.78 is 5.33. The van der Waals surface area contributed by atoms with E-state index in [0.29, 0.717) is 0 Å². The highest BCUT2D eigenvalue weighted by Gasteiger charge is 2.16. The predicted octanol–water partition coefficient (Wildman–Crippen LogP) is 1.61. The van der Waals surface area contributed by atoms with E-state index in [1.54, 1.807) is 0 Å². The summed E-state index contributed by atoms with van der Waals surface area (Å²) >= 11 is 0. The molecular weight excluding hydrogens is 192 g/mol. The van der Waals surface area contributed by atoms with Crippen molar-refractivity contribution in [3.8, 4) is 0 Å². The highest BCUT2D eigenvalue weighted by atomic mass is 16.5. The van der Waals surface area contributed by atoms with Gasteiger partial charge in [0.15, 0.2) is 0 Å². The third kappa shape index (κ3) is 5.02. The van der Waals surface area contributed by atoms with Gasteiger partial charge in [0.05, 0.1) is 0 Å². The molecule has 0 atom stereocenters. The summed E-state index contributed by atoms with van der Waals surface area (Å²) in [4.78, 5) is 13.4. The molecule has 0 aromatic heterocycles. The molecule has 2 amide bonds. The highest BCUT2D eigenvalue weighted by Crippen LogP contribution is 2.06. The Morgan fingerprint density at radius 1 is 1.33 bits per heavy atom. The molecule has 4 nitrogen and oxygen atoms in total. The van der Waals surface area contributed by atoms with Gasteiger partial charge in [-0.25, -0.2) is 4.79 Å². The number of urea groups is 1. The first-order valence-electron chi connectivity index (χ1n) is 5.95. The van der Waals surface area contributed by atoms with Crippen LogP contribution in [0.15, 0.2) is 0 Å². The molecule has 1 fully saturated rings. The molecule has 0 aliphatic carbocycles. The first-order chi connectivity index (χ1) is 7.34. The average molecular weight is 214 g/mol. The molecular formula is C11H22N2O2. The first-order valence-corrected chi connectivity index (χ1v) is 5.95. The summed E-state index contributed by atoms with van der Waals surface area (Å²) in [6, 6.07) is 0.0861. The van der Waals surface area contributed by atoms with Gasteiger partial charge in [-0.05, 0) is 25.7 Å². The Labute approximate surface area is 92.0 Å². The van der Waals surface area contributed by atoms with Gasteiger partial charge in [-0.2, -0.15) is 0 Å². The molecule has 0 spiro atoms. The largest absolute Gasteiger partial charge is 0.381 e. The smallest absolute Gasteiger partial charge is 0.317 e. The molecule has 0 aromatic rings. The summed E-state index contributed by atoms with van der Waals surface area (Å²) in [5.74, 6) is 0. The second kappa shape index (κ2) is 7.51. The number of amides is 2. The van der Waals surface area contributed by atoms with E-state index in [1.165, 1.54) is 0 Å². The van der Waals surface area contributed by atoms with Crippen molar-refractivity contribution in [2.75, 3.05) is 32.8 Å². The standard InChI is InChI=1S/C11H22N2O2/c1-2-9-15-10-5-6-12-11(14)13-7-3-4-8-13/h2-10H2,1H3,(H,12,14). The summed E-state index contributed by atoms with van der Waals surface area (Å²) in [6.45, 7) is 6.21. The van der Waals surface area contributed by atoms with E-state index in [4.69, 9.17) is 4.74 Å². The molecule has 0 aromatic carbocycles. The van der Waals surface area contributed by atoms with Crippen LogP contribution >= 0.6 is 0 Å². The molecule has 0 bridgehead atoms. The van der Waals surface area contributed by atoms with Gasteiger partial charge in [-0.3, -0.25) is 0 Å². The van der Waals surface area contributed by atoms with Crippen molar-refractivity contribution in [2.45, 2.75) is 32.6 Å². The van der Waals surface area contributed by atoms with E-state index in [1.807, 2.05) is 4.90 Å². The molecule has 15 heavy (non-hydrogen) atoms. The Morgan fingerprint density at radius 3 is 2.73 bits per heavy atom. The quantitative estimate of drug-likeness (QED) is 0.682. The van der Waals surface area contributed by atoms with Crippen LogP contribution in [0.3, 0.4) is 0 Å². The van der Waals surface area contributed by atoms with Crippen molar-refractivity contribution in [1.29, 1.82) is 0 Å². The lowest BCUT2D eigenvalue weighted by Gasteiger charge is -2.15. The fourth-order valence-corrected chi connectivity index (χ4v) is 1.65. The number of carbonyl (C=O) groups is 1. The molecule has 4 heteroatoms. The second-order valence-corrected chi connectivity index (χ2v) is 3.89. The number of likely N-dealkylation sites (tertiary alicyclic amines) is 1. The maximum atomic E-state index is 11.5. The minimum atomic E-state index is 0.0861. The Kier molecular flexibility index (Phi) is 6.16. The lowest BCUT2D eigenvalue weighted by Crippen LogP contribution is -2.38. The lowest BCUT2D eigenvalue weighted by atomic mass is 10.4. The van der Waals surface area contributed by atoms with E-state index < -0.39 is 0 Å². The van der Waals surface area contributed by atoms with Gasteiger partial charge in [0.2, 0.25) is 0 Å². The van der Waals surface area contributed by atoms with E-state index in [0.717, 1.165) is 58.5 Å². The van der Waals surface area contributed by atoms with Crippen LogP contribution in [0.4, 0.5) is 4.79 Å². The van der Waals surface area contributed by atoms with Gasteiger partial charge in [-0.1, -0.05) is 6.92 Å². The normalized spacial score (nSPS) is 15.7. The zero-order chi connectivity index (χ0) is 10.9. The SMILES string of the molecule is CCCOCCCNC(=O)N1CCCC1. The minimum Gasteiger partial charge on any atom is -0.381 e. The van der Waals surface area contributed by atoms with Crippen molar-refractivity contribution in [3.63, 3.8) is 0 Å². The van der Waals surface area contributed by atoms with Crippen LogP contribution in [0, 0.1) is 0 Å². The number of hydrogen-bond donors (Lipinski definition) is 1. The summed E-state index contributed by atoms with van der Waals surface area (Å²) in [5.41, 5.74) is 0. The number of ether oxygens (including phenoxy) is 1. The topological polar surface area (TPSA) is 41.6 Å². The summed E-state index contributed by atoms with van der Waals surface area (Å²) in [7, 11) is 0. The van der Waals surface area contributed by atoms with Crippen LogP contribution in [-0.4, -0.2) is 43.8 Å². The van der Waals surface area contributed by atoms with Gasteiger partial charge in [0.1, 0.15) is 0 Å². The van der Waals surface area contributed by atoms with Crippen LogP contribution in [0.1, 0.15) is 32.6 Å². The Bertz CT molecular complexity index is 179. The molecule has 0 unspecified atom stereocenters. The molecule has 1 heterocycles. The van der Waals surface area contributed by atoms with Gasteiger partial charge >= 0.3 is 6.03 Å². The maximum Gasteiger partial charge on any atom is 0.317 e. The third-order valence-electron chi connectivity index (χ3n) is 2.48. The van der Waals surface area contributed by atoms with Gasteiger partial charge in [0.25, 0.3) is 0 Å². The van der Waals surface area contributed by atoms with E-state index >= 15 is 0 Å². The summed E-state index contributed by atoms with van der Waals surface area (Å²) in [5, 5.41) is 2.91. The van der Waals surface area contributed by atoms with Crippen LogP contribution in [0.5, 0.6) is 0 Å². The van der Waals surface area contributed by atoms with Crippen LogP contribution in [-0.2, 0) is 4.74 Å². The average Bonchev–Trinajstić information content (AvgIpc) is 2.76. The maximum absolute atomic E-state index is 11.5. The van der Waals surface area contributed by atoms with Crippen molar-refractivity contribution in [3.05, 3.63) is 0 Å². The predicted molar refractivity (Wildman–Crippen MR) is 59.9 cm³/mol. The first kappa shape index (κ1) is 12.3. The number of nitrogens with zero attached hydrogens (tertiary/aromatic N) is 1. The van der Waals surface area contributed by atoms with Gasteiger partial charge in [0, 0.05) is 32.8 Å². The Hall–Kier alpha value is -0.770. The molecule has 1 aliphatic rings. The van der Waals surface area contributed by atoms with Crippen LogP contribution in [0.25, 0.3) is 0 Å². The number of carbonyl (C=O) groups excluding carboxylic acids is 1. The molecule has 1 saturated heterocycles. The minimum absolute atomic E-state index is 0.0861. The molecule has 1 N–H and O–H groups in total. The Balaban J connectivity index is 1.92. The fourth-order valence-electron chi connectivity index (χ4n) is 1.65. The van der Waals surface area contributed by atoms with Crippen LogP contribution < -0.4 is 5.32 Å². The molecule has 88 valence electrons. The second-order valence-electron chi connectivity index (χ2n) is 3.89. The van der Waals surface area contributed by atoms with E-state index in [-0.39, 0.29) is 6.03 Å². The van der Waals surface area contributed by atoms with Crippen molar-refractivity contribution in [2.24, 2.45) is 0 Å². The van der Waals surface area contributed by atoms with Crippen molar-refractivity contribution >= 4 is 6.03 Å². The molecule has 1 aliphatic heterocycles. The molecule has 0 radical (unpaired) electrons. The Morgan fingerprint density at radius 2 is 2.07 bits per heavy atom. The zero-order valence-corrected chi connectivity index (χ0v) is 9.63. The summed E-state index contributed by atoms with van der Waals surface area (Å²) in [6.07, 6.45) is 4.25. The molecule has 0 saturated carbocycles. The number of rotatable bonds is 6. The van der Waals surface area contributed by atoms with Crippen LogP contribution in [0.2, 0.25) is 0 Å².